The van der Waals surface area contributed by atoms with Crippen molar-refractivity contribution < 1.29 is 28.6 Å². The van der Waals surface area contributed by atoms with Gasteiger partial charge in [-0.2, -0.15) is 0 Å². The molecule has 198 valence electrons. The monoisotopic (exact) mass is 512 g/mol. The Morgan fingerprint density at radius 1 is 1.05 bits per heavy atom. The zero-order valence-corrected chi connectivity index (χ0v) is 21.0. The van der Waals surface area contributed by atoms with Crippen molar-refractivity contribution in [2.75, 3.05) is 13.7 Å². The second kappa shape index (κ2) is 10.4. The number of aromatic nitrogens is 1. The molecule has 0 bridgehead atoms. The summed E-state index contributed by atoms with van der Waals surface area (Å²) in [6.07, 6.45) is 5.78. The van der Waals surface area contributed by atoms with Crippen LogP contribution in [0.5, 0.6) is 11.5 Å². The number of carbonyl (C=O) groups is 2. The minimum Gasteiger partial charge on any atom is -0.494 e. The third kappa shape index (κ3) is 5.38. The Balaban J connectivity index is 1.37. The summed E-state index contributed by atoms with van der Waals surface area (Å²) in [5, 5.41) is 18.0. The van der Waals surface area contributed by atoms with Crippen LogP contribution in [-0.2, 0) is 4.79 Å². The molecule has 2 saturated carbocycles. The molecule has 37 heavy (non-hydrogen) atoms. The van der Waals surface area contributed by atoms with Crippen molar-refractivity contribution >= 4 is 17.6 Å². The fraction of sp³-hybridized carbons (Fsp3) is 0.481. The van der Waals surface area contributed by atoms with Gasteiger partial charge < -0.3 is 35.5 Å². The van der Waals surface area contributed by atoms with Crippen molar-refractivity contribution in [1.29, 1.82) is 0 Å². The molecule has 1 aliphatic heterocycles. The number of allylic oxidation sites excluding steroid dienone is 1. The SMILES string of the molecule is COc1cc(C2NC(C)=C(C(=O)NC3CCC(NC(=O)O)CC3)c3[nH]ccc32)c(OCC2CC2)cc1F. The average Bonchev–Trinajstić information content (AvgIpc) is 3.57. The van der Waals surface area contributed by atoms with Crippen LogP contribution in [0.1, 0.15) is 68.3 Å². The number of hydrogen-bond donors (Lipinski definition) is 5. The molecule has 2 aromatic rings. The summed E-state index contributed by atoms with van der Waals surface area (Å²) in [5.41, 5.74) is 3.51. The molecule has 1 atom stereocenters. The fourth-order valence-electron chi connectivity index (χ4n) is 5.29. The topological polar surface area (TPSA) is 125 Å². The fourth-order valence-corrected chi connectivity index (χ4v) is 5.29. The Hall–Kier alpha value is -3.69. The molecule has 2 heterocycles. The van der Waals surface area contributed by atoms with Crippen molar-refractivity contribution in [3.63, 3.8) is 0 Å². The molecular formula is C27H33FN4O5. The van der Waals surface area contributed by atoms with E-state index in [0.29, 0.717) is 60.9 Å². The maximum absolute atomic E-state index is 14.6. The van der Waals surface area contributed by atoms with Gasteiger partial charge in [-0.05, 0) is 63.5 Å². The zero-order valence-electron chi connectivity index (χ0n) is 21.0. The first kappa shape index (κ1) is 25.0. The quantitative estimate of drug-likeness (QED) is 0.363. The highest BCUT2D eigenvalue weighted by Gasteiger charge is 2.34. The molecule has 1 unspecified atom stereocenters. The van der Waals surface area contributed by atoms with Gasteiger partial charge in [0.1, 0.15) is 5.75 Å². The molecule has 5 N–H and O–H groups in total. The number of carboxylic acid groups (broad SMARTS) is 1. The van der Waals surface area contributed by atoms with Crippen molar-refractivity contribution in [3.8, 4) is 11.5 Å². The first-order valence-electron chi connectivity index (χ1n) is 12.8. The molecule has 5 rings (SSSR count). The third-order valence-electron chi connectivity index (χ3n) is 7.46. The lowest BCUT2D eigenvalue weighted by atomic mass is 9.89. The molecule has 9 nitrogen and oxygen atoms in total. The number of methoxy groups -OCH3 is 1. The lowest BCUT2D eigenvalue weighted by molar-refractivity contribution is -0.116. The first-order valence-corrected chi connectivity index (χ1v) is 12.8. The highest BCUT2D eigenvalue weighted by Crippen LogP contribution is 2.42. The third-order valence-corrected chi connectivity index (χ3v) is 7.46. The Morgan fingerprint density at radius 3 is 2.41 bits per heavy atom. The second-order valence-corrected chi connectivity index (χ2v) is 10.1. The number of amides is 2. The normalized spacial score (nSPS) is 23.1. The van der Waals surface area contributed by atoms with E-state index in [1.165, 1.54) is 13.2 Å². The Labute approximate surface area is 214 Å². The van der Waals surface area contributed by atoms with Crippen molar-refractivity contribution in [1.82, 2.24) is 20.9 Å². The van der Waals surface area contributed by atoms with Crippen molar-refractivity contribution in [2.24, 2.45) is 5.92 Å². The van der Waals surface area contributed by atoms with Gasteiger partial charge >= 0.3 is 6.09 Å². The minimum atomic E-state index is -1.02. The number of halogens is 1. The van der Waals surface area contributed by atoms with Crippen LogP contribution >= 0.6 is 0 Å². The Bertz CT molecular complexity index is 1210. The van der Waals surface area contributed by atoms with Crippen molar-refractivity contribution in [2.45, 2.75) is 63.6 Å². The molecule has 3 aliphatic rings. The average molecular weight is 513 g/mol. The Kier molecular flexibility index (Phi) is 6.99. The van der Waals surface area contributed by atoms with Crippen LogP contribution in [0.2, 0.25) is 0 Å². The number of aromatic amines is 1. The molecule has 0 saturated heterocycles. The predicted molar refractivity (Wildman–Crippen MR) is 135 cm³/mol. The van der Waals surface area contributed by atoms with E-state index in [9.17, 15) is 14.0 Å². The van der Waals surface area contributed by atoms with Gasteiger partial charge in [0.05, 0.1) is 31.0 Å². The van der Waals surface area contributed by atoms with E-state index >= 15 is 0 Å². The van der Waals surface area contributed by atoms with E-state index < -0.39 is 11.9 Å². The zero-order chi connectivity index (χ0) is 26.1. The number of carbonyl (C=O) groups excluding carboxylic acids is 1. The minimum absolute atomic E-state index is 0.0282. The number of nitrogens with one attached hydrogen (secondary N) is 4. The van der Waals surface area contributed by atoms with Crippen LogP contribution in [0, 0.1) is 11.7 Å². The van der Waals surface area contributed by atoms with Crippen LogP contribution in [-0.4, -0.2) is 47.9 Å². The van der Waals surface area contributed by atoms with Crippen LogP contribution in [0.15, 0.2) is 30.1 Å². The summed E-state index contributed by atoms with van der Waals surface area (Å²) in [6, 6.07) is 4.48. The van der Waals surface area contributed by atoms with E-state index in [-0.39, 0.29) is 29.8 Å². The van der Waals surface area contributed by atoms with Gasteiger partial charge in [0.15, 0.2) is 11.6 Å². The van der Waals surface area contributed by atoms with Gasteiger partial charge in [-0.1, -0.05) is 0 Å². The van der Waals surface area contributed by atoms with Crippen LogP contribution < -0.4 is 25.4 Å². The van der Waals surface area contributed by atoms with E-state index in [1.54, 1.807) is 12.3 Å². The molecule has 1 aromatic carbocycles. The van der Waals surface area contributed by atoms with Gasteiger partial charge in [-0.3, -0.25) is 4.79 Å². The summed E-state index contributed by atoms with van der Waals surface area (Å²) in [6.45, 7) is 2.39. The van der Waals surface area contributed by atoms with Crippen LogP contribution in [0.25, 0.3) is 5.57 Å². The highest BCUT2D eigenvalue weighted by molar-refractivity contribution is 6.20. The van der Waals surface area contributed by atoms with E-state index in [2.05, 4.69) is 20.9 Å². The number of fused-ring (bicyclic) bond motifs is 1. The standard InChI is InChI=1S/C27H33FN4O5/c1-14-23(26(33)31-16-5-7-17(8-6-16)32-27(34)35)25-18(9-10-29-25)24(30-14)19-11-22(36-2)20(28)12-21(19)37-13-15-3-4-15/h9-12,15-17,24,29-30,32H,3-8,13H2,1-2H3,(H,31,33)(H,34,35). The van der Waals surface area contributed by atoms with Crippen LogP contribution in [0.3, 0.4) is 0 Å². The number of ether oxygens (including phenoxy) is 2. The smallest absolute Gasteiger partial charge is 0.404 e. The van der Waals surface area contributed by atoms with Gasteiger partial charge in [0.25, 0.3) is 5.91 Å². The number of H-pyrrole nitrogens is 1. The number of rotatable bonds is 8. The summed E-state index contributed by atoms with van der Waals surface area (Å²) < 4.78 is 25.9. The molecule has 10 heteroatoms. The molecule has 2 amide bonds. The van der Waals surface area contributed by atoms with Gasteiger partial charge in [-0.25, -0.2) is 9.18 Å². The van der Waals surface area contributed by atoms with E-state index in [0.717, 1.165) is 24.0 Å². The second-order valence-electron chi connectivity index (χ2n) is 10.1. The highest BCUT2D eigenvalue weighted by atomic mass is 19.1. The number of benzene rings is 1. The maximum Gasteiger partial charge on any atom is 0.404 e. The maximum atomic E-state index is 14.6. The van der Waals surface area contributed by atoms with E-state index in [1.807, 2.05) is 13.0 Å². The summed E-state index contributed by atoms with van der Waals surface area (Å²) in [5.74, 6) is 0.423. The summed E-state index contributed by atoms with van der Waals surface area (Å²) in [7, 11) is 1.43. The molecule has 1 aromatic heterocycles. The van der Waals surface area contributed by atoms with E-state index in [4.69, 9.17) is 14.6 Å². The van der Waals surface area contributed by atoms with Crippen LogP contribution in [0.4, 0.5) is 9.18 Å². The summed E-state index contributed by atoms with van der Waals surface area (Å²) in [4.78, 5) is 27.5. The molecular weight excluding hydrogens is 479 g/mol. The lowest BCUT2D eigenvalue weighted by Crippen LogP contribution is -2.44. The largest absolute Gasteiger partial charge is 0.494 e. The predicted octanol–water partition coefficient (Wildman–Crippen LogP) is 4.07. The molecule has 2 aliphatic carbocycles. The van der Waals surface area contributed by atoms with Gasteiger partial charge in [0, 0.05) is 41.2 Å². The van der Waals surface area contributed by atoms with Gasteiger partial charge in [-0.15, -0.1) is 0 Å². The van der Waals surface area contributed by atoms with Gasteiger partial charge in [0.2, 0.25) is 0 Å². The van der Waals surface area contributed by atoms with Crippen molar-refractivity contribution in [3.05, 3.63) is 52.7 Å². The molecule has 2 fully saturated rings. The first-order chi connectivity index (χ1) is 17.8. The Morgan fingerprint density at radius 2 is 1.76 bits per heavy atom. The molecule has 0 spiro atoms. The lowest BCUT2D eigenvalue weighted by Gasteiger charge is -2.32. The number of hydrogen-bond acceptors (Lipinski definition) is 5. The molecule has 0 radical (unpaired) electrons. The summed E-state index contributed by atoms with van der Waals surface area (Å²) >= 11 is 0.